The second-order valence-corrected chi connectivity index (χ2v) is 8.93. The van der Waals surface area contributed by atoms with E-state index in [0.717, 1.165) is 5.69 Å². The molecule has 0 unspecified atom stereocenters. The molecule has 0 saturated carbocycles. The molecule has 7 nitrogen and oxygen atoms in total. The maximum absolute atomic E-state index is 12.6. The van der Waals surface area contributed by atoms with Crippen LogP contribution in [-0.2, 0) is 16.6 Å². The molecule has 2 heterocycles. The summed E-state index contributed by atoms with van der Waals surface area (Å²) in [7, 11) is -3.93. The van der Waals surface area contributed by atoms with E-state index >= 15 is 0 Å². The summed E-state index contributed by atoms with van der Waals surface area (Å²) in [4.78, 5) is 15.3. The van der Waals surface area contributed by atoms with Gasteiger partial charge in [-0.25, -0.2) is 18.2 Å². The first-order valence-electron chi connectivity index (χ1n) is 7.32. The Morgan fingerprint density at radius 1 is 1.35 bits per heavy atom. The number of anilines is 1. The van der Waals surface area contributed by atoms with Gasteiger partial charge in [-0.2, -0.15) is 0 Å². The van der Waals surface area contributed by atoms with E-state index in [1.807, 2.05) is 5.38 Å². The number of carboxylic acid groups (broad SMARTS) is 1. The van der Waals surface area contributed by atoms with Gasteiger partial charge in [0, 0.05) is 5.38 Å². The summed E-state index contributed by atoms with van der Waals surface area (Å²) in [5.41, 5.74) is 3.10. The number of nitrogens with one attached hydrogen (secondary N) is 1. The van der Waals surface area contributed by atoms with Gasteiger partial charge in [-0.15, -0.1) is 22.7 Å². The zero-order valence-corrected chi connectivity index (χ0v) is 16.0. The Morgan fingerprint density at radius 3 is 2.77 bits per heavy atom. The van der Waals surface area contributed by atoms with Crippen molar-refractivity contribution in [3.8, 4) is 5.75 Å². The quantitative estimate of drug-likeness (QED) is 0.617. The summed E-state index contributed by atoms with van der Waals surface area (Å²) in [6, 6.07) is 7.97. The monoisotopic (exact) mass is 410 g/mol. The van der Waals surface area contributed by atoms with Gasteiger partial charge in [0.15, 0.2) is 0 Å². The number of para-hydroxylation sites is 2. The zero-order valence-electron chi connectivity index (χ0n) is 13.5. The summed E-state index contributed by atoms with van der Waals surface area (Å²) >= 11 is 2.15. The van der Waals surface area contributed by atoms with E-state index in [1.54, 1.807) is 36.7 Å². The molecule has 26 heavy (non-hydrogen) atoms. The van der Waals surface area contributed by atoms with Crippen LogP contribution >= 0.6 is 22.7 Å². The second kappa shape index (κ2) is 7.44. The van der Waals surface area contributed by atoms with Crippen LogP contribution in [-0.4, -0.2) is 24.5 Å². The number of aryl methyl sites for hydroxylation is 1. The van der Waals surface area contributed by atoms with Crippen LogP contribution in [0, 0.1) is 6.92 Å². The van der Waals surface area contributed by atoms with Crippen LogP contribution in [0.4, 0.5) is 5.69 Å². The Kier molecular flexibility index (Phi) is 5.25. The highest BCUT2D eigenvalue weighted by Crippen LogP contribution is 2.31. The fourth-order valence-corrected chi connectivity index (χ4v) is 5.12. The number of thiazole rings is 1. The van der Waals surface area contributed by atoms with Gasteiger partial charge in [0.25, 0.3) is 10.0 Å². The van der Waals surface area contributed by atoms with E-state index in [4.69, 9.17) is 9.84 Å². The number of sulfonamides is 1. The average molecular weight is 410 g/mol. The third-order valence-corrected chi connectivity index (χ3v) is 7.04. The van der Waals surface area contributed by atoms with Crippen molar-refractivity contribution in [2.45, 2.75) is 17.7 Å². The van der Waals surface area contributed by atoms with Crippen LogP contribution in [0.15, 0.2) is 45.4 Å². The second-order valence-electron chi connectivity index (χ2n) is 5.25. The Bertz CT molecular complexity index is 1030. The molecule has 2 N–H and O–H groups in total. The van der Waals surface area contributed by atoms with Gasteiger partial charge in [0.05, 0.1) is 16.9 Å². The van der Waals surface area contributed by atoms with Crippen molar-refractivity contribution in [2.24, 2.45) is 0 Å². The third kappa shape index (κ3) is 4.03. The smallest absolute Gasteiger partial charge is 0.346 e. The minimum Gasteiger partial charge on any atom is -0.485 e. The minimum absolute atomic E-state index is 0.00144. The van der Waals surface area contributed by atoms with E-state index in [-0.39, 0.29) is 21.4 Å². The third-order valence-electron chi connectivity index (χ3n) is 3.34. The SMILES string of the molecule is Cc1cc(S(=O)(=O)Nc2ccccc2OCc2cscn2)sc1C(=O)O. The lowest BCUT2D eigenvalue weighted by Gasteiger charge is -2.12. The van der Waals surface area contributed by atoms with Gasteiger partial charge < -0.3 is 9.84 Å². The van der Waals surface area contributed by atoms with Crippen molar-refractivity contribution < 1.29 is 23.1 Å². The summed E-state index contributed by atoms with van der Waals surface area (Å²) in [5, 5.41) is 11.0. The number of carboxylic acids is 1. The van der Waals surface area contributed by atoms with E-state index < -0.39 is 16.0 Å². The summed E-state index contributed by atoms with van der Waals surface area (Å²) in [6.45, 7) is 1.77. The molecule has 2 aromatic heterocycles. The number of aromatic carboxylic acids is 1. The number of nitrogens with zero attached hydrogens (tertiary/aromatic N) is 1. The molecular formula is C16H14N2O5S3. The highest BCUT2D eigenvalue weighted by Gasteiger charge is 2.23. The Morgan fingerprint density at radius 2 is 2.12 bits per heavy atom. The number of aromatic nitrogens is 1. The van der Waals surface area contributed by atoms with Crippen LogP contribution < -0.4 is 9.46 Å². The van der Waals surface area contributed by atoms with Gasteiger partial charge in [0.1, 0.15) is 21.4 Å². The first kappa shape index (κ1) is 18.4. The molecule has 0 spiro atoms. The number of thiophene rings is 1. The lowest BCUT2D eigenvalue weighted by Crippen LogP contribution is -2.12. The lowest BCUT2D eigenvalue weighted by molar-refractivity contribution is 0.0701. The molecule has 1 aromatic carbocycles. The predicted octanol–water partition coefficient (Wildman–Crippen LogP) is 3.59. The van der Waals surface area contributed by atoms with Crippen molar-refractivity contribution in [2.75, 3.05) is 4.72 Å². The molecule has 136 valence electrons. The largest absolute Gasteiger partial charge is 0.485 e. The van der Waals surface area contributed by atoms with Crippen molar-refractivity contribution >= 4 is 44.4 Å². The maximum atomic E-state index is 12.6. The van der Waals surface area contributed by atoms with Crippen LogP contribution in [0.5, 0.6) is 5.75 Å². The fraction of sp³-hybridized carbons (Fsp3) is 0.125. The van der Waals surface area contributed by atoms with Crippen molar-refractivity contribution in [3.05, 3.63) is 57.4 Å². The number of rotatable bonds is 7. The van der Waals surface area contributed by atoms with Crippen LogP contribution in [0.1, 0.15) is 20.9 Å². The molecule has 3 aromatic rings. The molecule has 0 aliphatic heterocycles. The van der Waals surface area contributed by atoms with Crippen LogP contribution in [0.25, 0.3) is 0 Å². The molecule has 0 atom stereocenters. The average Bonchev–Trinajstić information content (AvgIpc) is 3.23. The number of carbonyl (C=O) groups is 1. The predicted molar refractivity (Wildman–Crippen MR) is 99.7 cm³/mol. The Balaban J connectivity index is 1.83. The van der Waals surface area contributed by atoms with Crippen molar-refractivity contribution in [3.63, 3.8) is 0 Å². The maximum Gasteiger partial charge on any atom is 0.346 e. The summed E-state index contributed by atoms with van der Waals surface area (Å²) in [5.74, 6) is -0.795. The molecule has 0 aliphatic carbocycles. The van der Waals surface area contributed by atoms with Crippen LogP contribution in [0.3, 0.4) is 0 Å². The topological polar surface area (TPSA) is 106 Å². The lowest BCUT2D eigenvalue weighted by atomic mass is 10.3. The molecular weight excluding hydrogens is 396 g/mol. The Labute approximate surface area is 158 Å². The number of hydrogen-bond donors (Lipinski definition) is 2. The molecule has 0 bridgehead atoms. The van der Waals surface area contributed by atoms with Gasteiger partial charge >= 0.3 is 5.97 Å². The number of hydrogen-bond acceptors (Lipinski definition) is 7. The molecule has 0 amide bonds. The van der Waals surface area contributed by atoms with Crippen LogP contribution in [0.2, 0.25) is 0 Å². The molecule has 10 heteroatoms. The molecule has 0 saturated heterocycles. The first-order chi connectivity index (χ1) is 12.4. The molecule has 0 fully saturated rings. The normalized spacial score (nSPS) is 11.3. The van der Waals surface area contributed by atoms with E-state index in [1.165, 1.54) is 17.4 Å². The van der Waals surface area contributed by atoms with Gasteiger partial charge in [-0.1, -0.05) is 12.1 Å². The Hall–Kier alpha value is -2.43. The summed E-state index contributed by atoms with van der Waals surface area (Å²) < 4.78 is 33.3. The van der Waals surface area contributed by atoms with Gasteiger partial charge in [0.2, 0.25) is 0 Å². The fourth-order valence-electron chi connectivity index (χ4n) is 2.13. The number of ether oxygens (including phenoxy) is 1. The minimum atomic E-state index is -3.93. The molecule has 0 aliphatic rings. The zero-order chi connectivity index (χ0) is 18.7. The first-order valence-corrected chi connectivity index (χ1v) is 10.6. The van der Waals surface area contributed by atoms with E-state index in [9.17, 15) is 13.2 Å². The highest BCUT2D eigenvalue weighted by atomic mass is 32.2. The van der Waals surface area contributed by atoms with E-state index in [0.29, 0.717) is 22.6 Å². The standard InChI is InChI=1S/C16H14N2O5S3/c1-10-6-14(25-15(10)16(19)20)26(21,22)18-12-4-2-3-5-13(12)23-7-11-8-24-9-17-11/h2-6,8-9,18H,7H2,1H3,(H,19,20). The van der Waals surface area contributed by atoms with Gasteiger partial charge in [-0.05, 0) is 30.7 Å². The molecule has 3 rings (SSSR count). The highest BCUT2D eigenvalue weighted by molar-refractivity contribution is 7.94. The van der Waals surface area contributed by atoms with Crippen molar-refractivity contribution in [1.82, 2.24) is 4.98 Å². The van der Waals surface area contributed by atoms with E-state index in [2.05, 4.69) is 9.71 Å². The summed E-state index contributed by atoms with van der Waals surface area (Å²) in [6.07, 6.45) is 0. The van der Waals surface area contributed by atoms with Gasteiger partial charge in [-0.3, -0.25) is 4.72 Å². The number of benzene rings is 1. The van der Waals surface area contributed by atoms with Crippen molar-refractivity contribution in [1.29, 1.82) is 0 Å². The molecule has 0 radical (unpaired) electrons.